The number of halogens is 1. The van der Waals surface area contributed by atoms with E-state index in [2.05, 4.69) is 56.1 Å². The third-order valence-corrected chi connectivity index (χ3v) is 7.90. The summed E-state index contributed by atoms with van der Waals surface area (Å²) in [4.78, 5) is 32.9. The molecule has 1 heterocycles. The molecule has 7 heteroatoms. The number of para-hydroxylation sites is 1. The number of nitrogens with one attached hydrogen (secondary N) is 1. The lowest BCUT2D eigenvalue weighted by Gasteiger charge is -2.36. The van der Waals surface area contributed by atoms with E-state index in [1.165, 1.54) is 12.1 Å². The summed E-state index contributed by atoms with van der Waals surface area (Å²) in [7, 11) is 0. The molecule has 3 aromatic carbocycles. The van der Waals surface area contributed by atoms with Gasteiger partial charge in [0.05, 0.1) is 0 Å². The van der Waals surface area contributed by atoms with E-state index in [0.717, 1.165) is 41.0 Å². The normalized spacial score (nSPS) is 14.0. The van der Waals surface area contributed by atoms with E-state index in [1.54, 1.807) is 12.1 Å². The second-order valence-corrected chi connectivity index (χ2v) is 11.5. The Balaban J connectivity index is 1.38. The van der Waals surface area contributed by atoms with Gasteiger partial charge in [-0.15, -0.1) is 0 Å². The first-order chi connectivity index (χ1) is 19.6. The quantitative estimate of drug-likeness (QED) is 0.312. The van der Waals surface area contributed by atoms with Gasteiger partial charge >= 0.3 is 6.03 Å². The van der Waals surface area contributed by atoms with Crippen molar-refractivity contribution in [3.8, 4) is 0 Å². The number of nitrogens with zero attached hydrogens (tertiary/aromatic N) is 3. The van der Waals surface area contributed by atoms with Crippen LogP contribution in [0.15, 0.2) is 66.7 Å². The van der Waals surface area contributed by atoms with Crippen molar-refractivity contribution < 1.29 is 14.0 Å². The number of carbonyl (C=O) groups excluding carboxylic acids is 2. The van der Waals surface area contributed by atoms with Crippen LogP contribution in [0.1, 0.15) is 72.1 Å². The van der Waals surface area contributed by atoms with Crippen molar-refractivity contribution in [1.29, 1.82) is 0 Å². The van der Waals surface area contributed by atoms with Gasteiger partial charge in [-0.1, -0.05) is 76.2 Å². The number of hydrogen-bond acceptors (Lipinski definition) is 3. The van der Waals surface area contributed by atoms with Crippen molar-refractivity contribution in [1.82, 2.24) is 14.7 Å². The minimum atomic E-state index is -0.291. The zero-order valence-electron chi connectivity index (χ0n) is 25.0. The molecule has 0 atom stereocenters. The molecule has 0 saturated carbocycles. The van der Waals surface area contributed by atoms with Gasteiger partial charge in [0, 0.05) is 57.1 Å². The van der Waals surface area contributed by atoms with Crippen molar-refractivity contribution in [2.75, 3.05) is 44.6 Å². The van der Waals surface area contributed by atoms with E-state index in [1.807, 2.05) is 41.0 Å². The number of piperazine rings is 1. The third kappa shape index (κ3) is 7.73. The molecule has 1 fully saturated rings. The molecule has 0 bridgehead atoms. The van der Waals surface area contributed by atoms with Gasteiger partial charge in [0.15, 0.2) is 0 Å². The Labute approximate surface area is 244 Å². The van der Waals surface area contributed by atoms with E-state index in [9.17, 15) is 14.0 Å². The minimum absolute atomic E-state index is 0.0322. The zero-order chi connectivity index (χ0) is 29.5. The van der Waals surface area contributed by atoms with E-state index < -0.39 is 0 Å². The Bertz CT molecular complexity index is 1300. The predicted octanol–water partition coefficient (Wildman–Crippen LogP) is 6.87. The van der Waals surface area contributed by atoms with Crippen molar-refractivity contribution in [3.05, 3.63) is 100 Å². The lowest BCUT2D eigenvalue weighted by Crippen LogP contribution is -2.51. The summed E-state index contributed by atoms with van der Waals surface area (Å²) < 4.78 is 13.5. The Morgan fingerprint density at radius 2 is 1.46 bits per heavy atom. The molecule has 218 valence electrons. The first-order valence-electron chi connectivity index (χ1n) is 14.6. The van der Waals surface area contributed by atoms with Gasteiger partial charge in [0.2, 0.25) is 0 Å². The topological polar surface area (TPSA) is 55.9 Å². The fourth-order valence-electron chi connectivity index (χ4n) is 5.36. The molecule has 0 aromatic heterocycles. The van der Waals surface area contributed by atoms with Gasteiger partial charge < -0.3 is 15.1 Å². The maximum Gasteiger partial charge on any atom is 0.321 e. The average molecular weight is 559 g/mol. The lowest BCUT2D eigenvalue weighted by molar-refractivity contribution is 0.0704. The molecule has 1 N–H and O–H groups in total. The molecule has 1 aliphatic rings. The molecule has 1 aliphatic heterocycles. The second-order valence-electron chi connectivity index (χ2n) is 11.5. The second kappa shape index (κ2) is 13.8. The average Bonchev–Trinajstić information content (AvgIpc) is 2.96. The van der Waals surface area contributed by atoms with Crippen LogP contribution in [0.2, 0.25) is 0 Å². The number of anilines is 1. The molecular formula is C34H43FN4O2. The van der Waals surface area contributed by atoms with Crippen LogP contribution < -0.4 is 5.32 Å². The van der Waals surface area contributed by atoms with Crippen molar-refractivity contribution >= 4 is 17.6 Å². The maximum atomic E-state index is 13.5. The Morgan fingerprint density at radius 3 is 2.05 bits per heavy atom. The van der Waals surface area contributed by atoms with Gasteiger partial charge in [-0.2, -0.15) is 0 Å². The molecule has 3 aromatic rings. The minimum Gasteiger partial charge on any atom is -0.333 e. The number of hydrogen-bond donors (Lipinski definition) is 1. The molecule has 41 heavy (non-hydrogen) atoms. The number of benzene rings is 3. The molecule has 0 aliphatic carbocycles. The van der Waals surface area contributed by atoms with Crippen LogP contribution in [0.5, 0.6) is 0 Å². The van der Waals surface area contributed by atoms with Gasteiger partial charge in [0.25, 0.3) is 5.91 Å². The van der Waals surface area contributed by atoms with E-state index in [0.29, 0.717) is 50.1 Å². The molecular weight excluding hydrogens is 515 g/mol. The highest BCUT2D eigenvalue weighted by atomic mass is 19.1. The number of urea groups is 1. The van der Waals surface area contributed by atoms with Gasteiger partial charge in [0.1, 0.15) is 5.82 Å². The van der Waals surface area contributed by atoms with Crippen LogP contribution >= 0.6 is 0 Å². The molecule has 0 unspecified atom stereocenters. The van der Waals surface area contributed by atoms with Gasteiger partial charge in [-0.05, 0) is 59.2 Å². The largest absolute Gasteiger partial charge is 0.333 e. The summed E-state index contributed by atoms with van der Waals surface area (Å²) in [5.41, 5.74) is 5.75. The predicted molar refractivity (Wildman–Crippen MR) is 164 cm³/mol. The number of amides is 3. The number of aryl methyl sites for hydroxylation is 1. The molecule has 3 amide bonds. The summed E-state index contributed by atoms with van der Waals surface area (Å²) in [5, 5.41) is 3.24. The number of carbonyl (C=O) groups is 2. The van der Waals surface area contributed by atoms with Crippen LogP contribution in [0, 0.1) is 12.7 Å². The summed E-state index contributed by atoms with van der Waals surface area (Å²) in [5.74, 6) is 0.290. The smallest absolute Gasteiger partial charge is 0.321 e. The zero-order valence-corrected chi connectivity index (χ0v) is 25.0. The fraction of sp³-hybridized carbons (Fsp3) is 0.412. The Kier molecular flexibility index (Phi) is 10.2. The Morgan fingerprint density at radius 1 is 0.854 bits per heavy atom. The molecule has 6 nitrogen and oxygen atoms in total. The highest BCUT2D eigenvalue weighted by Crippen LogP contribution is 2.32. The van der Waals surface area contributed by atoms with Crippen LogP contribution in [0.4, 0.5) is 14.9 Å². The van der Waals surface area contributed by atoms with Crippen molar-refractivity contribution in [2.24, 2.45) is 0 Å². The SMILES string of the molecule is Cc1ccccc1C(=O)N(CCN1CCN(C(=O)Nc2c(C(C)C)cccc2C(C)C)CC1)Cc1ccc(F)cc1. The third-order valence-electron chi connectivity index (χ3n) is 7.90. The highest BCUT2D eigenvalue weighted by molar-refractivity contribution is 5.95. The summed E-state index contributed by atoms with van der Waals surface area (Å²) in [6.45, 7) is 14.9. The molecule has 0 radical (unpaired) electrons. The van der Waals surface area contributed by atoms with Crippen molar-refractivity contribution in [2.45, 2.75) is 53.0 Å². The maximum absolute atomic E-state index is 13.5. The van der Waals surface area contributed by atoms with Crippen LogP contribution in [0.3, 0.4) is 0 Å². The summed E-state index contributed by atoms with van der Waals surface area (Å²) in [6, 6.07) is 20.1. The van der Waals surface area contributed by atoms with E-state index >= 15 is 0 Å². The van der Waals surface area contributed by atoms with Gasteiger partial charge in [-0.25, -0.2) is 9.18 Å². The monoisotopic (exact) mass is 558 g/mol. The van der Waals surface area contributed by atoms with Crippen molar-refractivity contribution in [3.63, 3.8) is 0 Å². The van der Waals surface area contributed by atoms with E-state index in [-0.39, 0.29) is 17.8 Å². The lowest BCUT2D eigenvalue weighted by atomic mass is 9.93. The van der Waals surface area contributed by atoms with Crippen LogP contribution in [0.25, 0.3) is 0 Å². The first kappa shape index (κ1) is 30.3. The summed E-state index contributed by atoms with van der Waals surface area (Å²) in [6.07, 6.45) is 0. The first-order valence-corrected chi connectivity index (χ1v) is 14.6. The molecule has 0 spiro atoms. The van der Waals surface area contributed by atoms with Crippen LogP contribution in [-0.4, -0.2) is 65.9 Å². The highest BCUT2D eigenvalue weighted by Gasteiger charge is 2.25. The summed E-state index contributed by atoms with van der Waals surface area (Å²) >= 11 is 0. The van der Waals surface area contributed by atoms with Crippen LogP contribution in [-0.2, 0) is 6.54 Å². The number of rotatable bonds is 9. The standard InChI is InChI=1S/C34H43FN4O2/c1-24(2)29-11-8-12-30(25(3)4)32(29)36-34(41)38-20-17-37(18-21-38)19-22-39(23-27-13-15-28(35)16-14-27)33(40)31-10-7-6-9-26(31)5/h6-16,24-25H,17-23H2,1-5H3,(H,36,41). The fourth-order valence-corrected chi connectivity index (χ4v) is 5.36. The van der Waals surface area contributed by atoms with Gasteiger partial charge in [-0.3, -0.25) is 9.69 Å². The Hall–Kier alpha value is -3.71. The van der Waals surface area contributed by atoms with E-state index in [4.69, 9.17) is 0 Å². The molecule has 1 saturated heterocycles. The molecule has 4 rings (SSSR count).